The second-order valence-corrected chi connectivity index (χ2v) is 3.99. The minimum absolute atomic E-state index is 0.0552. The summed E-state index contributed by atoms with van der Waals surface area (Å²) in [6, 6.07) is 8.07. The minimum atomic E-state index is -0.0552. The maximum Gasteiger partial charge on any atom is 0.221 e. The number of hydrogen-bond acceptors (Lipinski definition) is 2. The molecule has 2 aromatic rings. The summed E-state index contributed by atoms with van der Waals surface area (Å²) in [5, 5.41) is 2.75. The van der Waals surface area contributed by atoms with E-state index in [9.17, 15) is 4.79 Å². The highest BCUT2D eigenvalue weighted by molar-refractivity contribution is 5.88. The molecule has 0 radical (unpaired) electrons. The second-order valence-electron chi connectivity index (χ2n) is 3.99. The molecule has 4 heteroatoms. The smallest absolute Gasteiger partial charge is 0.221 e. The first-order chi connectivity index (χ1) is 8.16. The molecule has 1 amide bonds. The van der Waals surface area contributed by atoms with Gasteiger partial charge in [-0.25, -0.2) is 4.98 Å². The lowest BCUT2D eigenvalue weighted by Gasteiger charge is -2.13. The Balaban J connectivity index is 2.15. The van der Waals surface area contributed by atoms with Crippen molar-refractivity contribution in [2.45, 2.75) is 19.9 Å². The third-order valence-corrected chi connectivity index (χ3v) is 2.69. The molecule has 0 aliphatic heterocycles. The van der Waals surface area contributed by atoms with Crippen LogP contribution in [0.5, 0.6) is 0 Å². The van der Waals surface area contributed by atoms with Gasteiger partial charge in [0.2, 0.25) is 5.91 Å². The number of aromatic nitrogens is 2. The van der Waals surface area contributed by atoms with Crippen molar-refractivity contribution in [1.82, 2.24) is 9.55 Å². The summed E-state index contributed by atoms with van der Waals surface area (Å²) in [5.74, 6) is -0.0552. The first kappa shape index (κ1) is 11.4. The lowest BCUT2D eigenvalue weighted by Crippen LogP contribution is -2.07. The maximum absolute atomic E-state index is 10.9. The van der Waals surface area contributed by atoms with Crippen LogP contribution in [0.4, 0.5) is 5.69 Å². The standard InChI is InChI=1S/C13H15N3O/c1-10(16-8-7-14-9-16)12-3-5-13(6-4-12)15-11(2)17/h3-10H,1-2H3,(H,15,17). The van der Waals surface area contributed by atoms with Crippen LogP contribution in [0, 0.1) is 0 Å². The van der Waals surface area contributed by atoms with Crippen LogP contribution in [0.1, 0.15) is 25.5 Å². The van der Waals surface area contributed by atoms with Gasteiger partial charge >= 0.3 is 0 Å². The van der Waals surface area contributed by atoms with E-state index >= 15 is 0 Å². The Morgan fingerprint density at radius 2 is 2.06 bits per heavy atom. The predicted octanol–water partition coefficient (Wildman–Crippen LogP) is 2.45. The SMILES string of the molecule is CC(=O)Nc1ccc(C(C)n2ccnc2)cc1. The zero-order valence-corrected chi connectivity index (χ0v) is 9.92. The van der Waals surface area contributed by atoms with Gasteiger partial charge in [0.05, 0.1) is 12.4 Å². The first-order valence-electron chi connectivity index (χ1n) is 5.52. The van der Waals surface area contributed by atoms with E-state index in [2.05, 4.69) is 17.2 Å². The van der Waals surface area contributed by atoms with E-state index in [4.69, 9.17) is 0 Å². The summed E-state index contributed by atoms with van der Waals surface area (Å²) in [6.45, 7) is 3.61. The van der Waals surface area contributed by atoms with Gasteiger partial charge in [-0.15, -0.1) is 0 Å². The maximum atomic E-state index is 10.9. The van der Waals surface area contributed by atoms with Crippen LogP contribution in [-0.2, 0) is 4.79 Å². The number of rotatable bonds is 3. The number of anilines is 1. The molecule has 0 aliphatic carbocycles. The molecule has 1 aromatic heterocycles. The molecule has 88 valence electrons. The van der Waals surface area contributed by atoms with Crippen molar-refractivity contribution in [2.24, 2.45) is 0 Å². The summed E-state index contributed by atoms with van der Waals surface area (Å²) < 4.78 is 2.04. The summed E-state index contributed by atoms with van der Waals surface area (Å²) in [7, 11) is 0. The summed E-state index contributed by atoms with van der Waals surface area (Å²) in [4.78, 5) is 14.9. The topological polar surface area (TPSA) is 46.9 Å². The van der Waals surface area contributed by atoms with Gasteiger partial charge in [-0.3, -0.25) is 4.79 Å². The minimum Gasteiger partial charge on any atom is -0.330 e. The van der Waals surface area contributed by atoms with Gasteiger partial charge in [0, 0.05) is 25.0 Å². The molecule has 0 spiro atoms. The lowest BCUT2D eigenvalue weighted by molar-refractivity contribution is -0.114. The van der Waals surface area contributed by atoms with Crippen molar-refractivity contribution < 1.29 is 4.79 Å². The molecular weight excluding hydrogens is 214 g/mol. The number of imidazole rings is 1. The van der Waals surface area contributed by atoms with E-state index in [0.29, 0.717) is 0 Å². The Hall–Kier alpha value is -2.10. The number of amides is 1. The average molecular weight is 229 g/mol. The van der Waals surface area contributed by atoms with Crippen molar-refractivity contribution in [2.75, 3.05) is 5.32 Å². The number of carbonyl (C=O) groups is 1. The Kier molecular flexibility index (Phi) is 3.23. The molecule has 0 saturated carbocycles. The van der Waals surface area contributed by atoms with Gasteiger partial charge in [-0.05, 0) is 24.6 Å². The van der Waals surface area contributed by atoms with Crippen LogP contribution in [0.3, 0.4) is 0 Å². The van der Waals surface area contributed by atoms with E-state index < -0.39 is 0 Å². The average Bonchev–Trinajstić information content (AvgIpc) is 2.82. The van der Waals surface area contributed by atoms with Gasteiger partial charge in [0.1, 0.15) is 0 Å². The molecule has 0 fully saturated rings. The second kappa shape index (κ2) is 4.82. The number of nitrogens with one attached hydrogen (secondary N) is 1. The molecule has 17 heavy (non-hydrogen) atoms. The van der Waals surface area contributed by atoms with E-state index in [1.54, 1.807) is 12.5 Å². The van der Waals surface area contributed by atoms with Crippen molar-refractivity contribution >= 4 is 11.6 Å². The normalized spacial score (nSPS) is 12.1. The Labute approximate surface area is 100 Å². The predicted molar refractivity (Wildman–Crippen MR) is 66.8 cm³/mol. The lowest BCUT2D eigenvalue weighted by atomic mass is 10.1. The van der Waals surface area contributed by atoms with Crippen LogP contribution in [0.25, 0.3) is 0 Å². The monoisotopic (exact) mass is 229 g/mol. The number of benzene rings is 1. The number of carbonyl (C=O) groups excluding carboxylic acids is 1. The fraction of sp³-hybridized carbons (Fsp3) is 0.231. The highest BCUT2D eigenvalue weighted by Crippen LogP contribution is 2.19. The third kappa shape index (κ3) is 2.72. The Morgan fingerprint density at radius 1 is 1.35 bits per heavy atom. The zero-order valence-electron chi connectivity index (χ0n) is 9.92. The molecule has 2 rings (SSSR count). The highest BCUT2D eigenvalue weighted by atomic mass is 16.1. The molecule has 1 atom stereocenters. The summed E-state index contributed by atoms with van der Waals surface area (Å²) in [6.07, 6.45) is 5.50. The van der Waals surface area contributed by atoms with Crippen LogP contribution in [0.15, 0.2) is 43.0 Å². The van der Waals surface area contributed by atoms with Crippen molar-refractivity contribution in [3.05, 3.63) is 48.5 Å². The largest absolute Gasteiger partial charge is 0.330 e. The molecule has 4 nitrogen and oxygen atoms in total. The molecule has 0 bridgehead atoms. The van der Waals surface area contributed by atoms with Gasteiger partial charge in [0.25, 0.3) is 0 Å². The van der Waals surface area contributed by atoms with Crippen LogP contribution in [0.2, 0.25) is 0 Å². The molecule has 1 N–H and O–H groups in total. The van der Waals surface area contributed by atoms with E-state index in [-0.39, 0.29) is 11.9 Å². The van der Waals surface area contributed by atoms with Gasteiger partial charge in [-0.1, -0.05) is 12.1 Å². The fourth-order valence-electron chi connectivity index (χ4n) is 1.72. The van der Waals surface area contributed by atoms with E-state index in [1.165, 1.54) is 12.5 Å². The fourth-order valence-corrected chi connectivity index (χ4v) is 1.72. The molecule has 0 aliphatic rings. The van der Waals surface area contributed by atoms with Crippen LogP contribution in [-0.4, -0.2) is 15.5 Å². The van der Waals surface area contributed by atoms with Gasteiger partial charge < -0.3 is 9.88 Å². The summed E-state index contributed by atoms with van der Waals surface area (Å²) >= 11 is 0. The summed E-state index contributed by atoms with van der Waals surface area (Å²) in [5.41, 5.74) is 2.00. The zero-order chi connectivity index (χ0) is 12.3. The van der Waals surface area contributed by atoms with Gasteiger partial charge in [-0.2, -0.15) is 0 Å². The van der Waals surface area contributed by atoms with Crippen molar-refractivity contribution in [3.8, 4) is 0 Å². The third-order valence-electron chi connectivity index (χ3n) is 2.69. The molecule has 0 saturated heterocycles. The molecule has 1 aromatic carbocycles. The van der Waals surface area contributed by atoms with Crippen molar-refractivity contribution in [1.29, 1.82) is 0 Å². The quantitative estimate of drug-likeness (QED) is 0.878. The van der Waals surface area contributed by atoms with Crippen molar-refractivity contribution in [3.63, 3.8) is 0 Å². The highest BCUT2D eigenvalue weighted by Gasteiger charge is 2.06. The Morgan fingerprint density at radius 3 is 2.59 bits per heavy atom. The van der Waals surface area contributed by atoms with Crippen LogP contribution >= 0.6 is 0 Å². The molecule has 1 heterocycles. The van der Waals surface area contributed by atoms with E-state index in [0.717, 1.165) is 5.69 Å². The van der Waals surface area contributed by atoms with Gasteiger partial charge in [0.15, 0.2) is 0 Å². The number of nitrogens with zero attached hydrogens (tertiary/aromatic N) is 2. The molecule has 1 unspecified atom stereocenters. The number of hydrogen-bond donors (Lipinski definition) is 1. The molecular formula is C13H15N3O. The van der Waals surface area contributed by atoms with E-state index in [1.807, 2.05) is 35.0 Å². The van der Waals surface area contributed by atoms with Crippen LogP contribution < -0.4 is 5.32 Å². The first-order valence-corrected chi connectivity index (χ1v) is 5.52. The Bertz CT molecular complexity index is 488.